The Morgan fingerprint density at radius 2 is 1.73 bits per heavy atom. The third-order valence-corrected chi connectivity index (χ3v) is 6.16. The Hall–Kier alpha value is -1.95. The van der Waals surface area contributed by atoms with Crippen LogP contribution in [0.4, 0.5) is 0 Å². The van der Waals surface area contributed by atoms with Crippen LogP contribution in [0.2, 0.25) is 0 Å². The van der Waals surface area contributed by atoms with Crippen molar-refractivity contribution in [1.29, 1.82) is 0 Å². The molecule has 0 aromatic carbocycles. The van der Waals surface area contributed by atoms with Crippen molar-refractivity contribution in [3.63, 3.8) is 0 Å². The summed E-state index contributed by atoms with van der Waals surface area (Å²) in [6, 6.07) is 10.5. The lowest BCUT2D eigenvalue weighted by molar-refractivity contribution is -0.131. The molecule has 0 unspecified atom stereocenters. The molecule has 0 bridgehead atoms. The summed E-state index contributed by atoms with van der Waals surface area (Å²) in [5, 5.41) is 12.8. The van der Waals surface area contributed by atoms with Gasteiger partial charge in [-0.15, -0.1) is 34.0 Å². The van der Waals surface area contributed by atoms with Crippen LogP contribution in [0.25, 0.3) is 25.6 Å². The van der Waals surface area contributed by atoms with Gasteiger partial charge in [0, 0.05) is 20.7 Å². The molecule has 3 aromatic rings. The molecule has 3 heterocycles. The van der Waals surface area contributed by atoms with Crippen LogP contribution >= 0.6 is 34.0 Å². The zero-order valence-electron chi connectivity index (χ0n) is 11.4. The van der Waals surface area contributed by atoms with Crippen molar-refractivity contribution in [2.24, 2.45) is 0 Å². The Morgan fingerprint density at radius 3 is 2.36 bits per heavy atom. The van der Waals surface area contributed by atoms with Gasteiger partial charge in [-0.3, -0.25) is 0 Å². The van der Waals surface area contributed by atoms with Gasteiger partial charge >= 0.3 is 5.97 Å². The van der Waals surface area contributed by atoms with Gasteiger partial charge in [-0.2, -0.15) is 0 Å². The summed E-state index contributed by atoms with van der Waals surface area (Å²) in [6.07, 6.45) is 6.41. The highest BCUT2D eigenvalue weighted by molar-refractivity contribution is 7.26. The number of aliphatic carboxylic acids is 1. The number of allylic oxidation sites excluding steroid dienone is 2. The summed E-state index contributed by atoms with van der Waals surface area (Å²) in [7, 11) is 0. The molecule has 3 rings (SSSR count). The van der Waals surface area contributed by atoms with Gasteiger partial charge in [0.1, 0.15) is 0 Å². The van der Waals surface area contributed by atoms with Crippen LogP contribution in [-0.4, -0.2) is 11.1 Å². The van der Waals surface area contributed by atoms with Gasteiger partial charge in [-0.1, -0.05) is 30.4 Å². The molecule has 0 amide bonds. The van der Waals surface area contributed by atoms with Crippen molar-refractivity contribution >= 4 is 46.1 Å². The van der Waals surface area contributed by atoms with E-state index >= 15 is 0 Å². The minimum Gasteiger partial charge on any atom is -0.478 e. The molecule has 0 atom stereocenters. The second-order valence-electron chi connectivity index (χ2n) is 4.41. The van der Waals surface area contributed by atoms with E-state index in [1.54, 1.807) is 46.2 Å². The molecule has 0 saturated carbocycles. The van der Waals surface area contributed by atoms with Crippen LogP contribution in [0.15, 0.2) is 59.3 Å². The van der Waals surface area contributed by atoms with Crippen LogP contribution in [0.5, 0.6) is 0 Å². The third-order valence-electron chi connectivity index (χ3n) is 2.90. The van der Waals surface area contributed by atoms with Crippen LogP contribution in [0, 0.1) is 0 Å². The lowest BCUT2D eigenvalue weighted by Crippen LogP contribution is -1.84. The van der Waals surface area contributed by atoms with Crippen LogP contribution < -0.4 is 0 Å². The molecule has 0 saturated heterocycles. The molecule has 110 valence electrons. The molecule has 0 fully saturated rings. The van der Waals surface area contributed by atoms with Crippen LogP contribution in [0.1, 0.15) is 5.56 Å². The number of hydrogen-bond donors (Lipinski definition) is 1. The van der Waals surface area contributed by atoms with Crippen molar-refractivity contribution in [3.05, 3.63) is 64.9 Å². The third kappa shape index (κ3) is 3.44. The lowest BCUT2D eigenvalue weighted by Gasteiger charge is -1.94. The summed E-state index contributed by atoms with van der Waals surface area (Å²) in [5.41, 5.74) is 1.12. The quantitative estimate of drug-likeness (QED) is 0.465. The van der Waals surface area contributed by atoms with Gasteiger partial charge in [0.05, 0.1) is 4.88 Å². The summed E-state index contributed by atoms with van der Waals surface area (Å²) in [5.74, 6) is -0.937. The Kier molecular flexibility index (Phi) is 4.68. The smallest absolute Gasteiger partial charge is 0.328 e. The second-order valence-corrected chi connectivity index (χ2v) is 7.35. The normalized spacial score (nSPS) is 11.6. The number of carboxylic acid groups (broad SMARTS) is 1. The summed E-state index contributed by atoms with van der Waals surface area (Å²) in [6.45, 7) is 0. The predicted octanol–water partition coefficient (Wildman–Crippen LogP) is 5.86. The second kappa shape index (κ2) is 6.87. The SMILES string of the molecule is O=C(O)/C=C/C=C/c1cc(-c2cccs2)sc1-c1cccs1. The molecule has 0 aliphatic carbocycles. The van der Waals surface area contributed by atoms with Crippen molar-refractivity contribution in [2.45, 2.75) is 0 Å². The highest BCUT2D eigenvalue weighted by Crippen LogP contribution is 2.41. The van der Waals surface area contributed by atoms with Gasteiger partial charge in [0.2, 0.25) is 0 Å². The van der Waals surface area contributed by atoms with E-state index in [1.165, 1.54) is 19.5 Å². The summed E-state index contributed by atoms with van der Waals surface area (Å²) in [4.78, 5) is 15.4. The van der Waals surface area contributed by atoms with Crippen molar-refractivity contribution < 1.29 is 9.90 Å². The molecule has 22 heavy (non-hydrogen) atoms. The van der Waals surface area contributed by atoms with E-state index in [4.69, 9.17) is 5.11 Å². The first-order valence-electron chi connectivity index (χ1n) is 6.53. The highest BCUT2D eigenvalue weighted by Gasteiger charge is 2.11. The standard InChI is InChI=1S/C17H12O2S3/c18-16(19)8-2-1-5-12-11-15(13-6-3-9-20-13)22-17(12)14-7-4-10-21-14/h1-11H,(H,18,19)/b5-1+,8-2+. The minimum atomic E-state index is -0.937. The topological polar surface area (TPSA) is 37.3 Å². The Bertz CT molecular complexity index is 806. The maximum atomic E-state index is 10.5. The molecular formula is C17H12O2S3. The van der Waals surface area contributed by atoms with Crippen LogP contribution in [0.3, 0.4) is 0 Å². The predicted molar refractivity (Wildman–Crippen MR) is 96.8 cm³/mol. The van der Waals surface area contributed by atoms with E-state index < -0.39 is 5.97 Å². The molecule has 5 heteroatoms. The van der Waals surface area contributed by atoms with E-state index in [1.807, 2.05) is 12.1 Å². The number of rotatable bonds is 5. The van der Waals surface area contributed by atoms with E-state index in [9.17, 15) is 4.79 Å². The minimum absolute atomic E-state index is 0.937. The first-order valence-corrected chi connectivity index (χ1v) is 9.11. The Labute approximate surface area is 140 Å². The van der Waals surface area contributed by atoms with E-state index in [2.05, 4.69) is 35.0 Å². The largest absolute Gasteiger partial charge is 0.478 e. The Morgan fingerprint density at radius 1 is 1.00 bits per heavy atom. The van der Waals surface area contributed by atoms with Crippen LogP contribution in [-0.2, 0) is 4.79 Å². The van der Waals surface area contributed by atoms with Crippen molar-refractivity contribution in [1.82, 2.24) is 0 Å². The molecule has 1 N–H and O–H groups in total. The van der Waals surface area contributed by atoms with Crippen molar-refractivity contribution in [2.75, 3.05) is 0 Å². The average Bonchev–Trinajstić information content (AvgIpc) is 3.21. The van der Waals surface area contributed by atoms with Gasteiger partial charge < -0.3 is 5.11 Å². The monoisotopic (exact) mass is 344 g/mol. The number of carboxylic acids is 1. The summed E-state index contributed by atoms with van der Waals surface area (Å²) >= 11 is 5.21. The van der Waals surface area contributed by atoms with Gasteiger partial charge in [0.25, 0.3) is 0 Å². The van der Waals surface area contributed by atoms with E-state index in [-0.39, 0.29) is 0 Å². The number of thiophene rings is 3. The maximum absolute atomic E-state index is 10.5. The fourth-order valence-corrected chi connectivity index (χ4v) is 4.81. The van der Waals surface area contributed by atoms with Crippen molar-refractivity contribution in [3.8, 4) is 19.5 Å². The first kappa shape index (κ1) is 15.0. The fourth-order valence-electron chi connectivity index (χ4n) is 1.97. The number of carbonyl (C=O) groups is 1. The van der Waals surface area contributed by atoms with Gasteiger partial charge in [-0.05, 0) is 34.5 Å². The highest BCUT2D eigenvalue weighted by atomic mass is 32.1. The Balaban J connectivity index is 1.98. The zero-order chi connectivity index (χ0) is 15.4. The first-order chi connectivity index (χ1) is 10.7. The lowest BCUT2D eigenvalue weighted by atomic mass is 10.2. The fraction of sp³-hybridized carbons (Fsp3) is 0. The molecular weight excluding hydrogens is 332 g/mol. The molecule has 3 aromatic heterocycles. The summed E-state index contributed by atoms with van der Waals surface area (Å²) < 4.78 is 0. The van der Waals surface area contributed by atoms with E-state index in [0.717, 1.165) is 11.6 Å². The maximum Gasteiger partial charge on any atom is 0.328 e. The molecule has 0 aliphatic heterocycles. The molecule has 2 nitrogen and oxygen atoms in total. The number of hydrogen-bond acceptors (Lipinski definition) is 4. The molecule has 0 radical (unpaired) electrons. The zero-order valence-corrected chi connectivity index (χ0v) is 13.9. The molecule has 0 aliphatic rings. The average molecular weight is 344 g/mol. The van der Waals surface area contributed by atoms with E-state index in [0.29, 0.717) is 0 Å². The molecule has 0 spiro atoms. The van der Waals surface area contributed by atoms with Gasteiger partial charge in [-0.25, -0.2) is 4.79 Å². The van der Waals surface area contributed by atoms with Gasteiger partial charge in [0.15, 0.2) is 0 Å².